The smallest absolute Gasteiger partial charge is 0.293 e. The van der Waals surface area contributed by atoms with Gasteiger partial charge in [0.1, 0.15) is 17.0 Å². The molecule has 1 fully saturated rings. The minimum atomic E-state index is -0.446. The lowest BCUT2D eigenvalue weighted by Crippen LogP contribution is -2.49. The van der Waals surface area contributed by atoms with E-state index in [1.54, 1.807) is 36.0 Å². The highest BCUT2D eigenvalue weighted by Gasteiger charge is 2.38. The topological polar surface area (TPSA) is 75.9 Å². The van der Waals surface area contributed by atoms with Crippen molar-refractivity contribution in [3.8, 4) is 16.9 Å². The molecule has 1 saturated heterocycles. The van der Waals surface area contributed by atoms with Gasteiger partial charge in [-0.3, -0.25) is 14.9 Å². The predicted octanol–water partition coefficient (Wildman–Crippen LogP) is 5.41. The maximum atomic E-state index is 13.1. The molecule has 5 rings (SSSR count). The second-order valence-electron chi connectivity index (χ2n) is 9.27. The van der Waals surface area contributed by atoms with Crippen molar-refractivity contribution in [3.63, 3.8) is 0 Å². The fourth-order valence-corrected chi connectivity index (χ4v) is 4.80. The van der Waals surface area contributed by atoms with Crippen molar-refractivity contribution in [2.45, 2.75) is 18.4 Å². The molecule has 0 unspecified atom stereocenters. The summed E-state index contributed by atoms with van der Waals surface area (Å²) < 4.78 is 6.46. The zero-order chi connectivity index (χ0) is 24.6. The van der Waals surface area contributed by atoms with Crippen LogP contribution in [0.2, 0.25) is 0 Å². The zero-order valence-electron chi connectivity index (χ0n) is 19.8. The molecule has 35 heavy (non-hydrogen) atoms. The molecule has 0 aliphatic carbocycles. The summed E-state index contributed by atoms with van der Waals surface area (Å²) >= 11 is 0. The van der Waals surface area contributed by atoms with E-state index in [0.29, 0.717) is 37.2 Å². The number of piperidine rings is 1. The van der Waals surface area contributed by atoms with Crippen LogP contribution in [0.5, 0.6) is 5.75 Å². The minimum Gasteiger partial charge on any atom is -0.482 e. The molecule has 178 valence electrons. The monoisotopic (exact) mass is 469 g/mol. The number of nitro groups is 1. The van der Waals surface area contributed by atoms with E-state index in [9.17, 15) is 14.9 Å². The number of carbonyl (C=O) groups is 1. The van der Waals surface area contributed by atoms with Gasteiger partial charge in [0.15, 0.2) is 0 Å². The highest BCUT2D eigenvalue weighted by Crippen LogP contribution is 2.39. The first-order valence-corrected chi connectivity index (χ1v) is 11.7. The fraction of sp³-hybridized carbons (Fsp3) is 0.250. The zero-order valence-corrected chi connectivity index (χ0v) is 19.8. The summed E-state index contributed by atoms with van der Waals surface area (Å²) in [5.74, 6) is 0.655. The van der Waals surface area contributed by atoms with E-state index in [-0.39, 0.29) is 11.6 Å². The molecule has 2 aliphatic rings. The Bertz CT molecular complexity index is 1310. The van der Waals surface area contributed by atoms with E-state index < -0.39 is 10.5 Å². The molecule has 0 aromatic heterocycles. The van der Waals surface area contributed by atoms with Crippen LogP contribution in [0.25, 0.3) is 17.2 Å². The van der Waals surface area contributed by atoms with Crippen LogP contribution in [-0.4, -0.2) is 48.5 Å². The van der Waals surface area contributed by atoms with E-state index in [2.05, 4.69) is 36.4 Å². The first kappa shape index (κ1) is 22.7. The van der Waals surface area contributed by atoms with Crippen LogP contribution < -0.4 is 9.64 Å². The summed E-state index contributed by atoms with van der Waals surface area (Å²) in [6, 6.07) is 21.1. The molecule has 3 aromatic rings. The summed E-state index contributed by atoms with van der Waals surface area (Å²) in [6.07, 6.45) is 5.55. The molecular weight excluding hydrogens is 442 g/mol. The van der Waals surface area contributed by atoms with Crippen molar-refractivity contribution in [3.05, 3.63) is 94.0 Å². The number of rotatable bonds is 4. The van der Waals surface area contributed by atoms with Crippen LogP contribution in [-0.2, 0) is 0 Å². The Kier molecular flexibility index (Phi) is 5.76. The molecule has 0 radical (unpaired) electrons. The van der Waals surface area contributed by atoms with E-state index in [0.717, 1.165) is 22.4 Å². The summed E-state index contributed by atoms with van der Waals surface area (Å²) in [5, 5.41) is 11.5. The molecule has 1 spiro atoms. The number of hydrogen-bond donors (Lipinski definition) is 0. The summed E-state index contributed by atoms with van der Waals surface area (Å²) in [7, 11) is 3.48. The van der Waals surface area contributed by atoms with Gasteiger partial charge >= 0.3 is 0 Å². The number of anilines is 1. The Hall–Kier alpha value is -4.13. The van der Waals surface area contributed by atoms with Gasteiger partial charge in [-0.25, -0.2) is 0 Å². The van der Waals surface area contributed by atoms with E-state index in [1.165, 1.54) is 6.07 Å². The van der Waals surface area contributed by atoms with Gasteiger partial charge in [-0.05, 0) is 41.5 Å². The Labute approximate surface area is 204 Å². The van der Waals surface area contributed by atoms with Gasteiger partial charge in [0.2, 0.25) is 0 Å². The number of fused-ring (bicyclic) bond motifs is 1. The van der Waals surface area contributed by atoms with Gasteiger partial charge in [-0.15, -0.1) is 0 Å². The summed E-state index contributed by atoms with van der Waals surface area (Å²) in [4.78, 5) is 27.6. The van der Waals surface area contributed by atoms with Crippen LogP contribution in [0.3, 0.4) is 0 Å². The molecule has 3 aromatic carbocycles. The van der Waals surface area contributed by atoms with Crippen LogP contribution >= 0.6 is 0 Å². The van der Waals surface area contributed by atoms with E-state index in [1.807, 2.05) is 24.3 Å². The molecule has 7 nitrogen and oxygen atoms in total. The van der Waals surface area contributed by atoms with Crippen LogP contribution in [0, 0.1) is 10.1 Å². The van der Waals surface area contributed by atoms with Crippen molar-refractivity contribution in [1.29, 1.82) is 0 Å². The van der Waals surface area contributed by atoms with Crippen molar-refractivity contribution in [2.75, 3.05) is 32.1 Å². The molecule has 2 aliphatic heterocycles. The minimum absolute atomic E-state index is 0.0700. The molecular formula is C28H27N3O4. The quantitative estimate of drug-likeness (QED) is 0.377. The lowest BCUT2D eigenvalue weighted by Gasteiger charge is -2.42. The molecule has 0 saturated carbocycles. The molecule has 0 N–H and O–H groups in total. The van der Waals surface area contributed by atoms with Crippen LogP contribution in [0.4, 0.5) is 11.4 Å². The lowest BCUT2D eigenvalue weighted by molar-refractivity contribution is -0.384. The number of benzene rings is 3. The molecule has 0 atom stereocenters. The predicted molar refractivity (Wildman–Crippen MR) is 137 cm³/mol. The van der Waals surface area contributed by atoms with Gasteiger partial charge in [0.25, 0.3) is 11.6 Å². The number of nitrogens with zero attached hydrogens (tertiary/aromatic N) is 3. The molecule has 2 heterocycles. The highest BCUT2D eigenvalue weighted by atomic mass is 16.6. The second kappa shape index (κ2) is 8.91. The third-order valence-electron chi connectivity index (χ3n) is 6.79. The molecule has 7 heteroatoms. The first-order valence-electron chi connectivity index (χ1n) is 11.7. The Morgan fingerprint density at radius 3 is 2.43 bits per heavy atom. The van der Waals surface area contributed by atoms with Gasteiger partial charge in [-0.1, -0.05) is 42.5 Å². The average Bonchev–Trinajstić information content (AvgIpc) is 2.88. The molecule has 0 bridgehead atoms. The fourth-order valence-electron chi connectivity index (χ4n) is 4.80. The number of nitro benzene ring substituents is 1. The number of hydrogen-bond acceptors (Lipinski definition) is 5. The highest BCUT2D eigenvalue weighted by molar-refractivity contribution is 5.96. The van der Waals surface area contributed by atoms with Crippen molar-refractivity contribution in [1.82, 2.24) is 4.90 Å². The number of amides is 1. The van der Waals surface area contributed by atoms with Gasteiger partial charge < -0.3 is 14.5 Å². The van der Waals surface area contributed by atoms with E-state index >= 15 is 0 Å². The third-order valence-corrected chi connectivity index (χ3v) is 6.79. The van der Waals surface area contributed by atoms with E-state index in [4.69, 9.17) is 4.74 Å². The maximum absolute atomic E-state index is 13.1. The standard InChI is InChI=1S/C28H27N3O4/c1-29(2)24-10-8-23(19-25(24)31(33)34)27(32)30-16-14-28(15-17-30)13-12-22-18-21(9-11-26(22)35-28)20-6-4-3-5-7-20/h3-13,18-19H,14-17H2,1-2H3. The third kappa shape index (κ3) is 4.37. The number of carbonyl (C=O) groups excluding carboxylic acids is 1. The van der Waals surface area contributed by atoms with Gasteiger partial charge in [-0.2, -0.15) is 0 Å². The largest absolute Gasteiger partial charge is 0.482 e. The van der Waals surface area contributed by atoms with Crippen molar-refractivity contribution in [2.24, 2.45) is 0 Å². The van der Waals surface area contributed by atoms with Crippen LogP contribution in [0.15, 0.2) is 72.8 Å². The Morgan fingerprint density at radius 1 is 1.00 bits per heavy atom. The van der Waals surface area contributed by atoms with Crippen molar-refractivity contribution < 1.29 is 14.5 Å². The number of ether oxygens (including phenoxy) is 1. The SMILES string of the molecule is CN(C)c1ccc(C(=O)N2CCC3(C=Cc4cc(-c5ccccc5)ccc4O3)CC2)cc1[N+](=O)[O-]. The summed E-state index contributed by atoms with van der Waals surface area (Å²) in [6.45, 7) is 1.04. The van der Waals surface area contributed by atoms with Crippen molar-refractivity contribution >= 4 is 23.4 Å². The maximum Gasteiger partial charge on any atom is 0.293 e. The lowest BCUT2D eigenvalue weighted by atomic mass is 9.87. The Balaban J connectivity index is 1.29. The summed E-state index contributed by atoms with van der Waals surface area (Å²) in [5.41, 5.74) is 3.64. The second-order valence-corrected chi connectivity index (χ2v) is 9.27. The van der Waals surface area contributed by atoms with Gasteiger partial charge in [0, 0.05) is 57.2 Å². The average molecular weight is 470 g/mol. The van der Waals surface area contributed by atoms with Gasteiger partial charge in [0.05, 0.1) is 4.92 Å². The normalized spacial score (nSPS) is 15.9. The van der Waals surface area contributed by atoms with Crippen LogP contribution in [0.1, 0.15) is 28.8 Å². The Morgan fingerprint density at radius 2 is 1.74 bits per heavy atom. The number of likely N-dealkylation sites (tertiary alicyclic amines) is 1. The molecule has 1 amide bonds. The first-order chi connectivity index (χ1) is 16.8.